The molecular weight excluding hydrogens is 275 g/mol. The molecule has 0 fully saturated rings. The van der Waals surface area contributed by atoms with E-state index in [1.165, 1.54) is 11.1 Å². The van der Waals surface area contributed by atoms with Gasteiger partial charge in [-0.25, -0.2) is 0 Å². The molecule has 1 nitrogen and oxygen atoms in total. The normalized spacial score (nSPS) is 9.43. The Bertz CT molecular complexity index is 613. The molecule has 0 N–H and O–H groups in total. The fourth-order valence-electron chi connectivity index (χ4n) is 1.93. The number of benzene rings is 3. The van der Waals surface area contributed by atoms with Gasteiger partial charge in [-0.3, -0.25) is 0 Å². The van der Waals surface area contributed by atoms with Gasteiger partial charge in [-0.1, -0.05) is 78.9 Å². The molecule has 0 spiro atoms. The van der Waals surface area contributed by atoms with E-state index in [0.29, 0.717) is 0 Å². The molecule has 0 heterocycles. The topological polar surface area (TPSA) is 9.23 Å². The Morgan fingerprint density at radius 2 is 1.05 bits per heavy atom. The summed E-state index contributed by atoms with van der Waals surface area (Å²) in [5.41, 5.74) is 2.55. The minimum atomic E-state index is 0.919. The highest BCUT2D eigenvalue weighted by atomic mass is 31.0. The van der Waals surface area contributed by atoms with Crippen LogP contribution in [0, 0.1) is 0 Å². The molecule has 0 aliphatic carbocycles. The largest absolute Gasteiger partial charge is 0.496 e. The predicted molar refractivity (Wildman–Crippen MR) is 94.2 cm³/mol. The lowest BCUT2D eigenvalue weighted by Gasteiger charge is -2.00. The van der Waals surface area contributed by atoms with Crippen LogP contribution in [-0.2, 0) is 0 Å². The van der Waals surface area contributed by atoms with E-state index in [1.807, 2.05) is 36.4 Å². The number of rotatable bonds is 2. The van der Waals surface area contributed by atoms with Crippen LogP contribution in [-0.4, -0.2) is 7.11 Å². The second-order valence-electron chi connectivity index (χ2n) is 4.47. The van der Waals surface area contributed by atoms with Crippen LogP contribution in [0.5, 0.6) is 5.75 Å². The molecule has 1 atom stereocenters. The van der Waals surface area contributed by atoms with Crippen LogP contribution in [0.25, 0.3) is 11.1 Å². The Balaban J connectivity index is 0.000000161. The molecule has 3 aromatic carbocycles. The van der Waals surface area contributed by atoms with Crippen molar-refractivity contribution >= 4 is 14.5 Å². The molecule has 0 saturated heterocycles. The second kappa shape index (κ2) is 8.24. The van der Waals surface area contributed by atoms with Crippen LogP contribution in [0.2, 0.25) is 0 Å². The average Bonchev–Trinajstić information content (AvgIpc) is 2.58. The molecule has 3 aromatic rings. The summed E-state index contributed by atoms with van der Waals surface area (Å²) in [6.45, 7) is 0. The SMILES string of the molecule is COc1ccccc1P.c1ccc(-c2ccccc2)cc1. The van der Waals surface area contributed by atoms with Crippen molar-refractivity contribution in [3.8, 4) is 16.9 Å². The summed E-state index contributed by atoms with van der Waals surface area (Å²) in [7, 11) is 4.28. The lowest BCUT2D eigenvalue weighted by atomic mass is 10.1. The monoisotopic (exact) mass is 294 g/mol. The van der Waals surface area contributed by atoms with Gasteiger partial charge in [0.2, 0.25) is 0 Å². The van der Waals surface area contributed by atoms with Crippen LogP contribution >= 0.6 is 9.24 Å². The van der Waals surface area contributed by atoms with Gasteiger partial charge < -0.3 is 4.74 Å². The number of ether oxygens (including phenoxy) is 1. The van der Waals surface area contributed by atoms with Gasteiger partial charge >= 0.3 is 0 Å². The quantitative estimate of drug-likeness (QED) is 0.630. The number of hydrogen-bond donors (Lipinski definition) is 0. The lowest BCUT2D eigenvalue weighted by molar-refractivity contribution is 0.418. The van der Waals surface area contributed by atoms with Gasteiger partial charge in [0.25, 0.3) is 0 Å². The molecule has 0 aromatic heterocycles. The summed E-state index contributed by atoms with van der Waals surface area (Å²) in [6.07, 6.45) is 0. The first kappa shape index (κ1) is 15.3. The Morgan fingerprint density at radius 3 is 1.43 bits per heavy atom. The zero-order chi connectivity index (χ0) is 14.9. The fourth-order valence-corrected chi connectivity index (χ4v) is 2.25. The maximum absolute atomic E-state index is 5.02. The first-order valence-corrected chi connectivity index (χ1v) is 7.38. The van der Waals surface area contributed by atoms with E-state index in [4.69, 9.17) is 4.74 Å². The molecule has 21 heavy (non-hydrogen) atoms. The molecule has 0 aliphatic heterocycles. The minimum absolute atomic E-state index is 0.919. The van der Waals surface area contributed by atoms with Crippen molar-refractivity contribution in [1.82, 2.24) is 0 Å². The molecule has 0 amide bonds. The molecule has 0 radical (unpaired) electrons. The van der Waals surface area contributed by atoms with Crippen LogP contribution < -0.4 is 10.0 Å². The van der Waals surface area contributed by atoms with E-state index in [0.717, 1.165) is 11.1 Å². The summed E-state index contributed by atoms with van der Waals surface area (Å²) in [5, 5.41) is 1.10. The second-order valence-corrected chi connectivity index (χ2v) is 5.10. The summed E-state index contributed by atoms with van der Waals surface area (Å²) < 4.78 is 5.02. The highest BCUT2D eigenvalue weighted by molar-refractivity contribution is 7.27. The van der Waals surface area contributed by atoms with Crippen LogP contribution in [0.4, 0.5) is 0 Å². The first-order chi connectivity index (χ1) is 10.3. The standard InChI is InChI=1S/C12H10.C7H9OP/c1-3-7-11(8-4-1)12-9-5-2-6-10-12;1-8-6-4-2-3-5-7(6)9/h1-10H;2-5H,9H2,1H3. The van der Waals surface area contributed by atoms with Gasteiger partial charge in [0, 0.05) is 5.30 Å². The molecule has 2 heteroatoms. The van der Waals surface area contributed by atoms with E-state index in [9.17, 15) is 0 Å². The van der Waals surface area contributed by atoms with Gasteiger partial charge in [-0.2, -0.15) is 0 Å². The van der Waals surface area contributed by atoms with E-state index < -0.39 is 0 Å². The zero-order valence-electron chi connectivity index (χ0n) is 12.1. The smallest absolute Gasteiger partial charge is 0.125 e. The van der Waals surface area contributed by atoms with Gasteiger partial charge in [-0.15, -0.1) is 9.24 Å². The number of methoxy groups -OCH3 is 1. The summed E-state index contributed by atoms with van der Waals surface area (Å²) in [4.78, 5) is 0. The van der Waals surface area contributed by atoms with Crippen molar-refractivity contribution < 1.29 is 4.74 Å². The van der Waals surface area contributed by atoms with Crippen molar-refractivity contribution in [1.29, 1.82) is 0 Å². The van der Waals surface area contributed by atoms with Crippen LogP contribution in [0.1, 0.15) is 0 Å². The van der Waals surface area contributed by atoms with Crippen molar-refractivity contribution in [2.45, 2.75) is 0 Å². The van der Waals surface area contributed by atoms with Gasteiger partial charge in [0.1, 0.15) is 5.75 Å². The molecule has 3 rings (SSSR count). The molecular formula is C19H19OP. The Kier molecular flexibility index (Phi) is 5.99. The Hall–Kier alpha value is -2.11. The Labute approximate surface area is 128 Å². The number of para-hydroxylation sites is 1. The van der Waals surface area contributed by atoms with Gasteiger partial charge in [-0.05, 0) is 17.2 Å². The number of hydrogen-bond acceptors (Lipinski definition) is 1. The third kappa shape index (κ3) is 4.73. The zero-order valence-corrected chi connectivity index (χ0v) is 13.2. The van der Waals surface area contributed by atoms with E-state index in [2.05, 4.69) is 57.8 Å². The van der Waals surface area contributed by atoms with Crippen molar-refractivity contribution in [3.63, 3.8) is 0 Å². The Morgan fingerprint density at radius 1 is 0.619 bits per heavy atom. The lowest BCUT2D eigenvalue weighted by Crippen LogP contribution is -1.95. The summed E-state index contributed by atoms with van der Waals surface area (Å²) in [5.74, 6) is 0.919. The molecule has 0 bridgehead atoms. The van der Waals surface area contributed by atoms with Gasteiger partial charge in [0.15, 0.2) is 0 Å². The highest BCUT2D eigenvalue weighted by Crippen LogP contribution is 2.17. The molecule has 1 unspecified atom stereocenters. The van der Waals surface area contributed by atoms with E-state index in [1.54, 1.807) is 7.11 Å². The van der Waals surface area contributed by atoms with Crippen LogP contribution in [0.3, 0.4) is 0 Å². The summed E-state index contributed by atoms with van der Waals surface area (Å²) in [6, 6.07) is 28.6. The first-order valence-electron chi connectivity index (χ1n) is 6.80. The van der Waals surface area contributed by atoms with Crippen LogP contribution in [0.15, 0.2) is 84.9 Å². The minimum Gasteiger partial charge on any atom is -0.496 e. The van der Waals surface area contributed by atoms with E-state index in [-0.39, 0.29) is 0 Å². The third-order valence-corrected chi connectivity index (χ3v) is 3.50. The highest BCUT2D eigenvalue weighted by Gasteiger charge is 1.92. The molecule has 0 aliphatic rings. The third-order valence-electron chi connectivity index (χ3n) is 3.02. The maximum atomic E-state index is 5.02. The van der Waals surface area contributed by atoms with Gasteiger partial charge in [0.05, 0.1) is 7.11 Å². The van der Waals surface area contributed by atoms with Crippen molar-refractivity contribution in [2.24, 2.45) is 0 Å². The average molecular weight is 294 g/mol. The predicted octanol–water partition coefficient (Wildman–Crippen LogP) is 4.55. The summed E-state index contributed by atoms with van der Waals surface area (Å²) >= 11 is 0. The van der Waals surface area contributed by atoms with E-state index >= 15 is 0 Å². The molecule has 106 valence electrons. The molecule has 0 saturated carbocycles. The van der Waals surface area contributed by atoms with Crippen molar-refractivity contribution in [3.05, 3.63) is 84.9 Å². The maximum Gasteiger partial charge on any atom is 0.125 e. The fraction of sp³-hybridized carbons (Fsp3) is 0.0526. The van der Waals surface area contributed by atoms with Crippen molar-refractivity contribution in [2.75, 3.05) is 7.11 Å².